The molecule has 1 unspecified atom stereocenters. The fourth-order valence-electron chi connectivity index (χ4n) is 2.00. The Hall–Kier alpha value is -2.15. The monoisotopic (exact) mass is 295 g/mol. The van der Waals surface area contributed by atoms with Crippen molar-refractivity contribution in [2.75, 3.05) is 11.9 Å². The molecule has 7 heteroatoms. The van der Waals surface area contributed by atoms with Crippen molar-refractivity contribution >= 4 is 17.3 Å². The Morgan fingerprint density at radius 3 is 2.52 bits per heavy atom. The lowest BCUT2D eigenvalue weighted by Gasteiger charge is -2.24. The van der Waals surface area contributed by atoms with Crippen molar-refractivity contribution in [3.05, 3.63) is 28.3 Å². The van der Waals surface area contributed by atoms with Gasteiger partial charge in [0, 0.05) is 12.6 Å². The molecule has 0 saturated heterocycles. The number of nitro groups is 1. The second kappa shape index (κ2) is 6.53. The number of benzene rings is 1. The van der Waals surface area contributed by atoms with Gasteiger partial charge in [-0.2, -0.15) is 0 Å². The first-order valence-electron chi connectivity index (χ1n) is 6.62. The van der Waals surface area contributed by atoms with Crippen LogP contribution in [0.1, 0.15) is 27.2 Å². The van der Waals surface area contributed by atoms with Crippen LogP contribution in [0.4, 0.5) is 11.4 Å². The van der Waals surface area contributed by atoms with Gasteiger partial charge in [-0.25, -0.2) is 0 Å². The molecule has 0 aliphatic heterocycles. The van der Waals surface area contributed by atoms with E-state index in [1.54, 1.807) is 0 Å². The van der Waals surface area contributed by atoms with Crippen LogP contribution in [-0.2, 0) is 4.79 Å². The molecular weight excluding hydrogens is 274 g/mol. The number of carbonyl (C=O) groups excluding carboxylic acids is 1. The van der Waals surface area contributed by atoms with Gasteiger partial charge in [0.05, 0.1) is 22.6 Å². The number of carbonyl (C=O) groups is 1. The van der Waals surface area contributed by atoms with E-state index >= 15 is 0 Å². The lowest BCUT2D eigenvalue weighted by Crippen LogP contribution is -2.32. The molecular formula is C14H21N3O4. The van der Waals surface area contributed by atoms with E-state index < -0.39 is 4.92 Å². The maximum atomic E-state index is 12.2. The lowest BCUT2D eigenvalue weighted by molar-refractivity contribution is -0.384. The van der Waals surface area contributed by atoms with E-state index in [0.717, 1.165) is 6.07 Å². The van der Waals surface area contributed by atoms with Crippen LogP contribution in [0.25, 0.3) is 0 Å². The van der Waals surface area contributed by atoms with Crippen LogP contribution in [-0.4, -0.2) is 22.5 Å². The Morgan fingerprint density at radius 1 is 1.48 bits per heavy atom. The molecule has 0 saturated carbocycles. The zero-order chi connectivity index (χ0) is 16.2. The highest BCUT2D eigenvalue weighted by atomic mass is 16.6. The molecule has 0 fully saturated rings. The SMILES string of the molecule is CC(C)(C)CC(CN)C(=O)Nc1ccc([N+](=O)[O-])cc1O. The Labute approximate surface area is 123 Å². The van der Waals surface area contributed by atoms with Gasteiger partial charge in [0.25, 0.3) is 5.69 Å². The molecule has 1 atom stereocenters. The van der Waals surface area contributed by atoms with Crippen molar-refractivity contribution in [1.82, 2.24) is 0 Å². The van der Waals surface area contributed by atoms with Gasteiger partial charge in [-0.1, -0.05) is 20.8 Å². The van der Waals surface area contributed by atoms with Crippen LogP contribution in [0.5, 0.6) is 5.75 Å². The minimum atomic E-state index is -0.617. The van der Waals surface area contributed by atoms with Crippen molar-refractivity contribution in [3.8, 4) is 5.75 Å². The van der Waals surface area contributed by atoms with Crippen molar-refractivity contribution in [2.24, 2.45) is 17.1 Å². The van der Waals surface area contributed by atoms with Gasteiger partial charge in [0.15, 0.2) is 0 Å². The fourth-order valence-corrected chi connectivity index (χ4v) is 2.00. The third kappa shape index (κ3) is 5.03. The lowest BCUT2D eigenvalue weighted by atomic mass is 9.84. The van der Waals surface area contributed by atoms with Gasteiger partial charge >= 0.3 is 0 Å². The number of phenolic OH excluding ortho intramolecular Hbond substituents is 1. The number of nitrogens with zero attached hydrogens (tertiary/aromatic N) is 1. The molecule has 116 valence electrons. The molecule has 1 aromatic rings. The molecule has 1 rings (SSSR count). The molecule has 0 aliphatic rings. The highest BCUT2D eigenvalue weighted by Crippen LogP contribution is 2.29. The molecule has 0 bridgehead atoms. The largest absolute Gasteiger partial charge is 0.506 e. The van der Waals surface area contributed by atoms with E-state index in [-0.39, 0.29) is 40.9 Å². The molecule has 0 spiro atoms. The van der Waals surface area contributed by atoms with Gasteiger partial charge < -0.3 is 16.2 Å². The summed E-state index contributed by atoms with van der Waals surface area (Å²) in [6, 6.07) is 3.52. The highest BCUT2D eigenvalue weighted by molar-refractivity contribution is 5.94. The molecule has 1 aromatic carbocycles. The number of anilines is 1. The first-order chi connectivity index (χ1) is 9.64. The molecule has 0 aliphatic carbocycles. The maximum Gasteiger partial charge on any atom is 0.273 e. The normalized spacial score (nSPS) is 12.8. The molecule has 7 nitrogen and oxygen atoms in total. The van der Waals surface area contributed by atoms with E-state index in [0.29, 0.717) is 6.42 Å². The summed E-state index contributed by atoms with van der Waals surface area (Å²) in [6.45, 7) is 6.21. The van der Waals surface area contributed by atoms with Crippen molar-refractivity contribution < 1.29 is 14.8 Å². The number of hydrogen-bond donors (Lipinski definition) is 3. The van der Waals surface area contributed by atoms with Crippen molar-refractivity contribution in [2.45, 2.75) is 27.2 Å². The van der Waals surface area contributed by atoms with Crippen molar-refractivity contribution in [3.63, 3.8) is 0 Å². The highest BCUT2D eigenvalue weighted by Gasteiger charge is 2.24. The Bertz CT molecular complexity index is 538. The van der Waals surface area contributed by atoms with Crippen LogP contribution in [0, 0.1) is 21.4 Å². The van der Waals surface area contributed by atoms with Gasteiger partial charge in [-0.15, -0.1) is 0 Å². The zero-order valence-corrected chi connectivity index (χ0v) is 12.4. The second-order valence-corrected chi connectivity index (χ2v) is 6.15. The minimum absolute atomic E-state index is 0.0567. The van der Waals surface area contributed by atoms with E-state index in [2.05, 4.69) is 5.32 Å². The maximum absolute atomic E-state index is 12.2. The van der Waals surface area contributed by atoms with Gasteiger partial charge in [0.2, 0.25) is 5.91 Å². The second-order valence-electron chi connectivity index (χ2n) is 6.15. The predicted octanol–water partition coefficient (Wildman–Crippen LogP) is 2.25. The summed E-state index contributed by atoms with van der Waals surface area (Å²) in [6.07, 6.45) is 0.600. The number of aromatic hydroxyl groups is 1. The summed E-state index contributed by atoms with van der Waals surface area (Å²) in [5.41, 5.74) is 5.46. The summed E-state index contributed by atoms with van der Waals surface area (Å²) >= 11 is 0. The number of phenols is 1. The molecule has 0 aromatic heterocycles. The Balaban J connectivity index is 2.84. The summed E-state index contributed by atoms with van der Waals surface area (Å²) in [5.74, 6) is -1.04. The third-order valence-electron chi connectivity index (χ3n) is 2.96. The Morgan fingerprint density at radius 2 is 2.10 bits per heavy atom. The molecule has 0 radical (unpaired) electrons. The zero-order valence-electron chi connectivity index (χ0n) is 12.4. The topological polar surface area (TPSA) is 118 Å². The molecule has 21 heavy (non-hydrogen) atoms. The summed E-state index contributed by atoms with van der Waals surface area (Å²) < 4.78 is 0. The summed E-state index contributed by atoms with van der Waals surface area (Å²) in [4.78, 5) is 22.1. The third-order valence-corrected chi connectivity index (χ3v) is 2.96. The predicted molar refractivity (Wildman–Crippen MR) is 80.0 cm³/mol. The fraction of sp³-hybridized carbons (Fsp3) is 0.500. The first kappa shape index (κ1) is 16.9. The van der Waals surface area contributed by atoms with Crippen LogP contribution in [0.3, 0.4) is 0 Å². The van der Waals surface area contributed by atoms with E-state index in [1.165, 1.54) is 12.1 Å². The average Bonchev–Trinajstić information content (AvgIpc) is 2.36. The number of hydrogen-bond acceptors (Lipinski definition) is 5. The van der Waals surface area contributed by atoms with Crippen LogP contribution in [0.2, 0.25) is 0 Å². The van der Waals surface area contributed by atoms with Crippen LogP contribution in [0.15, 0.2) is 18.2 Å². The van der Waals surface area contributed by atoms with E-state index in [4.69, 9.17) is 5.73 Å². The first-order valence-corrected chi connectivity index (χ1v) is 6.62. The number of nitrogens with one attached hydrogen (secondary N) is 1. The van der Waals surface area contributed by atoms with E-state index in [9.17, 15) is 20.0 Å². The van der Waals surface area contributed by atoms with Crippen LogP contribution >= 0.6 is 0 Å². The smallest absolute Gasteiger partial charge is 0.273 e. The standard InChI is InChI=1S/C14H21N3O4/c1-14(2,3)7-9(8-15)13(19)16-11-5-4-10(17(20)21)6-12(11)18/h4-6,9,18H,7-8,15H2,1-3H3,(H,16,19). The number of rotatable bonds is 5. The summed E-state index contributed by atoms with van der Waals surface area (Å²) in [5, 5.41) is 22.9. The van der Waals surface area contributed by atoms with Gasteiger partial charge in [0.1, 0.15) is 5.75 Å². The van der Waals surface area contributed by atoms with Crippen LogP contribution < -0.4 is 11.1 Å². The Kier molecular flexibility index (Phi) is 5.26. The van der Waals surface area contributed by atoms with E-state index in [1.807, 2.05) is 20.8 Å². The molecule has 0 heterocycles. The molecule has 1 amide bonds. The average molecular weight is 295 g/mol. The number of non-ortho nitro benzene ring substituents is 1. The van der Waals surface area contributed by atoms with Gasteiger partial charge in [-0.3, -0.25) is 14.9 Å². The summed E-state index contributed by atoms with van der Waals surface area (Å²) in [7, 11) is 0. The number of nitrogens with two attached hydrogens (primary N) is 1. The minimum Gasteiger partial charge on any atom is -0.506 e. The number of amides is 1. The van der Waals surface area contributed by atoms with Gasteiger partial charge in [-0.05, 0) is 17.9 Å². The molecule has 4 N–H and O–H groups in total. The quantitative estimate of drug-likeness (QED) is 0.437. The number of nitro benzene ring substituents is 1. The van der Waals surface area contributed by atoms with Crippen molar-refractivity contribution in [1.29, 1.82) is 0 Å².